The lowest BCUT2D eigenvalue weighted by atomic mass is 9.92. The molecule has 2 aliphatic heterocycles. The second-order valence-electron chi connectivity index (χ2n) is 7.23. The summed E-state index contributed by atoms with van der Waals surface area (Å²) in [5, 5.41) is 0. The average molecular weight is 353 g/mol. The van der Waals surface area contributed by atoms with E-state index in [2.05, 4.69) is 33.9 Å². The summed E-state index contributed by atoms with van der Waals surface area (Å²) < 4.78 is 11.9. The lowest BCUT2D eigenvalue weighted by Gasteiger charge is -2.34. The number of rotatable bonds is 4. The normalized spacial score (nSPS) is 19.5. The van der Waals surface area contributed by atoms with E-state index < -0.39 is 0 Å². The first-order valence-electron chi connectivity index (χ1n) is 9.67. The summed E-state index contributed by atoms with van der Waals surface area (Å²) in [7, 11) is 0. The summed E-state index contributed by atoms with van der Waals surface area (Å²) in [6.07, 6.45) is 8.05. The minimum Gasteiger partial charge on any atom is -0.474 e. The van der Waals surface area contributed by atoms with Crippen LogP contribution >= 0.6 is 0 Å². The standard InChI is InChI=1S/C21H27N3O2/c1-16-4-2-10-22-20(16)24-12-6-18(7-13-24)26-21-19(5-3-11-23-21)17-8-14-25-15-9-17/h2-5,10-11,17-18H,6-9,12-15H2,1H3. The number of aryl methyl sites for hydroxylation is 1. The highest BCUT2D eigenvalue weighted by molar-refractivity contribution is 5.46. The molecule has 4 rings (SSSR count). The van der Waals surface area contributed by atoms with Crippen LogP contribution in [0.4, 0.5) is 5.82 Å². The van der Waals surface area contributed by atoms with Crippen LogP contribution in [0.2, 0.25) is 0 Å². The van der Waals surface area contributed by atoms with Gasteiger partial charge in [-0.1, -0.05) is 12.1 Å². The zero-order valence-corrected chi connectivity index (χ0v) is 15.4. The van der Waals surface area contributed by atoms with Crippen molar-refractivity contribution in [1.82, 2.24) is 9.97 Å². The van der Waals surface area contributed by atoms with Crippen LogP contribution in [0.1, 0.15) is 42.7 Å². The fourth-order valence-corrected chi connectivity index (χ4v) is 3.97. The Bertz CT molecular complexity index is 723. The molecule has 0 aromatic carbocycles. The molecule has 2 aliphatic rings. The maximum Gasteiger partial charge on any atom is 0.217 e. The molecule has 0 spiro atoms. The number of hydrogen-bond donors (Lipinski definition) is 0. The molecule has 0 amide bonds. The van der Waals surface area contributed by atoms with Gasteiger partial charge in [0.25, 0.3) is 0 Å². The Balaban J connectivity index is 1.40. The topological polar surface area (TPSA) is 47.5 Å². The molecular weight excluding hydrogens is 326 g/mol. The van der Waals surface area contributed by atoms with Crippen LogP contribution in [0.25, 0.3) is 0 Å². The van der Waals surface area contributed by atoms with Gasteiger partial charge in [0.05, 0.1) is 0 Å². The van der Waals surface area contributed by atoms with Gasteiger partial charge in [0, 0.05) is 57.1 Å². The van der Waals surface area contributed by atoms with Crippen LogP contribution in [0.5, 0.6) is 5.88 Å². The fourth-order valence-electron chi connectivity index (χ4n) is 3.97. The maximum atomic E-state index is 6.36. The van der Waals surface area contributed by atoms with Gasteiger partial charge in [-0.15, -0.1) is 0 Å². The number of hydrogen-bond acceptors (Lipinski definition) is 5. The van der Waals surface area contributed by atoms with Gasteiger partial charge in [0.2, 0.25) is 5.88 Å². The Morgan fingerprint density at radius 1 is 1.00 bits per heavy atom. The highest BCUT2D eigenvalue weighted by atomic mass is 16.5. The van der Waals surface area contributed by atoms with Crippen LogP contribution < -0.4 is 9.64 Å². The molecule has 26 heavy (non-hydrogen) atoms. The first kappa shape index (κ1) is 17.3. The van der Waals surface area contributed by atoms with Crippen LogP contribution in [0.15, 0.2) is 36.7 Å². The molecule has 2 saturated heterocycles. The first-order valence-corrected chi connectivity index (χ1v) is 9.67. The Morgan fingerprint density at radius 2 is 1.73 bits per heavy atom. The largest absolute Gasteiger partial charge is 0.474 e. The van der Waals surface area contributed by atoms with E-state index in [-0.39, 0.29) is 6.10 Å². The molecule has 2 aromatic heterocycles. The molecule has 0 saturated carbocycles. The third kappa shape index (κ3) is 3.83. The van der Waals surface area contributed by atoms with E-state index in [9.17, 15) is 0 Å². The molecule has 2 aromatic rings. The van der Waals surface area contributed by atoms with Crippen LogP contribution in [0.3, 0.4) is 0 Å². The highest BCUT2D eigenvalue weighted by Gasteiger charge is 2.25. The van der Waals surface area contributed by atoms with Crippen molar-refractivity contribution in [1.29, 1.82) is 0 Å². The van der Waals surface area contributed by atoms with E-state index in [1.54, 1.807) is 0 Å². The number of ether oxygens (including phenoxy) is 2. The Hall–Kier alpha value is -2.14. The number of aromatic nitrogens is 2. The summed E-state index contributed by atoms with van der Waals surface area (Å²) in [6, 6.07) is 8.31. The molecular formula is C21H27N3O2. The second-order valence-corrected chi connectivity index (χ2v) is 7.23. The summed E-state index contributed by atoms with van der Waals surface area (Å²) in [5.74, 6) is 2.43. The average Bonchev–Trinajstić information content (AvgIpc) is 2.70. The molecule has 0 aliphatic carbocycles. The van der Waals surface area contributed by atoms with E-state index in [1.165, 1.54) is 11.1 Å². The predicted octanol–water partition coefficient (Wildman–Crippen LogP) is 3.73. The molecule has 0 N–H and O–H groups in total. The Kier molecular flexibility index (Phi) is 5.34. The van der Waals surface area contributed by atoms with Crippen molar-refractivity contribution in [2.45, 2.75) is 44.6 Å². The van der Waals surface area contributed by atoms with Crippen molar-refractivity contribution in [3.05, 3.63) is 47.8 Å². The minimum absolute atomic E-state index is 0.226. The summed E-state index contributed by atoms with van der Waals surface area (Å²) in [6.45, 7) is 5.74. The van der Waals surface area contributed by atoms with Crippen LogP contribution in [-0.4, -0.2) is 42.4 Å². The third-order valence-corrected chi connectivity index (χ3v) is 5.46. The van der Waals surface area contributed by atoms with E-state index in [1.807, 2.05) is 24.5 Å². The van der Waals surface area contributed by atoms with Crippen molar-refractivity contribution in [2.24, 2.45) is 0 Å². The second kappa shape index (κ2) is 8.04. The third-order valence-electron chi connectivity index (χ3n) is 5.46. The SMILES string of the molecule is Cc1cccnc1N1CCC(Oc2ncccc2C2CCOCC2)CC1. The Morgan fingerprint density at radius 3 is 2.50 bits per heavy atom. The van der Waals surface area contributed by atoms with Crippen molar-refractivity contribution >= 4 is 5.82 Å². The quantitative estimate of drug-likeness (QED) is 0.838. The van der Waals surface area contributed by atoms with Crippen LogP contribution in [0, 0.1) is 6.92 Å². The van der Waals surface area contributed by atoms with Gasteiger partial charge < -0.3 is 14.4 Å². The lowest BCUT2D eigenvalue weighted by molar-refractivity contribution is 0.0833. The van der Waals surface area contributed by atoms with Gasteiger partial charge >= 0.3 is 0 Å². The number of anilines is 1. The monoisotopic (exact) mass is 353 g/mol. The zero-order chi connectivity index (χ0) is 17.8. The number of piperidine rings is 1. The van der Waals surface area contributed by atoms with Gasteiger partial charge in [-0.25, -0.2) is 9.97 Å². The van der Waals surface area contributed by atoms with E-state index >= 15 is 0 Å². The summed E-state index contributed by atoms with van der Waals surface area (Å²) >= 11 is 0. The number of pyridine rings is 2. The lowest BCUT2D eigenvalue weighted by Crippen LogP contribution is -2.39. The van der Waals surface area contributed by atoms with E-state index in [4.69, 9.17) is 9.47 Å². The molecule has 0 atom stereocenters. The highest BCUT2D eigenvalue weighted by Crippen LogP contribution is 2.33. The fraction of sp³-hybridized carbons (Fsp3) is 0.524. The van der Waals surface area contributed by atoms with Gasteiger partial charge in [-0.05, 0) is 43.4 Å². The van der Waals surface area contributed by atoms with Crippen molar-refractivity contribution in [3.63, 3.8) is 0 Å². The first-order chi connectivity index (χ1) is 12.8. The summed E-state index contributed by atoms with van der Waals surface area (Å²) in [4.78, 5) is 11.5. The summed E-state index contributed by atoms with van der Waals surface area (Å²) in [5.41, 5.74) is 2.48. The molecule has 0 radical (unpaired) electrons. The molecule has 4 heterocycles. The van der Waals surface area contributed by atoms with E-state index in [0.717, 1.165) is 63.7 Å². The van der Waals surface area contributed by atoms with Crippen molar-refractivity contribution in [2.75, 3.05) is 31.2 Å². The maximum absolute atomic E-state index is 6.36. The molecule has 2 fully saturated rings. The van der Waals surface area contributed by atoms with E-state index in [0.29, 0.717) is 5.92 Å². The molecule has 138 valence electrons. The molecule has 5 heteroatoms. The van der Waals surface area contributed by atoms with Crippen molar-refractivity contribution < 1.29 is 9.47 Å². The smallest absolute Gasteiger partial charge is 0.217 e. The van der Waals surface area contributed by atoms with Gasteiger partial charge in [0.15, 0.2) is 0 Å². The molecule has 5 nitrogen and oxygen atoms in total. The van der Waals surface area contributed by atoms with Gasteiger partial charge in [-0.2, -0.15) is 0 Å². The van der Waals surface area contributed by atoms with Crippen LogP contribution in [-0.2, 0) is 4.74 Å². The minimum atomic E-state index is 0.226. The number of nitrogens with zero attached hydrogens (tertiary/aromatic N) is 3. The Labute approximate surface area is 155 Å². The molecule has 0 bridgehead atoms. The molecule has 0 unspecified atom stereocenters. The predicted molar refractivity (Wildman–Crippen MR) is 102 cm³/mol. The van der Waals surface area contributed by atoms with Gasteiger partial charge in [-0.3, -0.25) is 0 Å². The van der Waals surface area contributed by atoms with Gasteiger partial charge in [0.1, 0.15) is 11.9 Å². The van der Waals surface area contributed by atoms with Crippen molar-refractivity contribution in [3.8, 4) is 5.88 Å². The zero-order valence-electron chi connectivity index (χ0n) is 15.4.